The van der Waals surface area contributed by atoms with Gasteiger partial charge in [0.2, 0.25) is 5.91 Å². The largest absolute Gasteiger partial charge is 0.333 e. The number of halogens is 1. The summed E-state index contributed by atoms with van der Waals surface area (Å²) >= 11 is 0. The van der Waals surface area contributed by atoms with E-state index in [2.05, 4.69) is 24.1 Å². The molecule has 1 aromatic rings. The Hall–Kier alpha value is -1.13. The minimum Gasteiger partial charge on any atom is -0.333 e. The molecule has 5 heteroatoms. The molecule has 112 valence electrons. The molecule has 4 nitrogen and oxygen atoms in total. The Morgan fingerprint density at radius 2 is 2.20 bits per heavy atom. The number of carbonyl (C=O) groups excluding carboxylic acids is 1. The van der Waals surface area contributed by atoms with E-state index in [0.29, 0.717) is 5.92 Å². The highest BCUT2D eigenvalue weighted by atomic mass is 35.5. The smallest absolute Gasteiger partial charge is 0.226 e. The van der Waals surface area contributed by atoms with Gasteiger partial charge >= 0.3 is 0 Å². The van der Waals surface area contributed by atoms with Gasteiger partial charge in [0.05, 0.1) is 6.04 Å². The molecule has 20 heavy (non-hydrogen) atoms. The van der Waals surface area contributed by atoms with Crippen molar-refractivity contribution in [1.29, 1.82) is 0 Å². The van der Waals surface area contributed by atoms with E-state index in [4.69, 9.17) is 0 Å². The van der Waals surface area contributed by atoms with Gasteiger partial charge in [-0.2, -0.15) is 0 Å². The Bertz CT molecular complexity index is 424. The topological polar surface area (TPSA) is 45.2 Å². The van der Waals surface area contributed by atoms with Crippen LogP contribution in [0.4, 0.5) is 0 Å². The van der Waals surface area contributed by atoms with Gasteiger partial charge in [0.1, 0.15) is 0 Å². The van der Waals surface area contributed by atoms with Crippen LogP contribution in [0.2, 0.25) is 0 Å². The van der Waals surface area contributed by atoms with Crippen molar-refractivity contribution in [2.24, 2.45) is 11.8 Å². The van der Waals surface area contributed by atoms with E-state index >= 15 is 0 Å². The summed E-state index contributed by atoms with van der Waals surface area (Å²) in [6.07, 6.45) is 3.63. The van der Waals surface area contributed by atoms with Gasteiger partial charge in [0.15, 0.2) is 0 Å². The lowest BCUT2D eigenvalue weighted by Gasteiger charge is -2.38. The van der Waals surface area contributed by atoms with Crippen LogP contribution in [0.3, 0.4) is 0 Å². The second-order valence-electron chi connectivity index (χ2n) is 5.57. The number of nitrogens with one attached hydrogen (secondary N) is 1. The lowest BCUT2D eigenvalue weighted by atomic mass is 9.94. The van der Waals surface area contributed by atoms with Gasteiger partial charge in [-0.15, -0.1) is 12.4 Å². The maximum atomic E-state index is 12.6. The van der Waals surface area contributed by atoms with Crippen LogP contribution in [0.1, 0.15) is 32.4 Å². The molecule has 1 aliphatic heterocycles. The van der Waals surface area contributed by atoms with E-state index in [9.17, 15) is 4.79 Å². The number of carbonyl (C=O) groups is 1. The first-order valence-electron chi connectivity index (χ1n) is 7.02. The number of hydrogen-bond acceptors (Lipinski definition) is 3. The van der Waals surface area contributed by atoms with Crippen LogP contribution >= 0.6 is 12.4 Å². The second-order valence-corrected chi connectivity index (χ2v) is 5.57. The number of hydrogen-bond donors (Lipinski definition) is 1. The third-order valence-electron chi connectivity index (χ3n) is 3.99. The summed E-state index contributed by atoms with van der Waals surface area (Å²) in [6.45, 7) is 8.67. The van der Waals surface area contributed by atoms with Gasteiger partial charge in [0.25, 0.3) is 0 Å². The maximum Gasteiger partial charge on any atom is 0.226 e. The predicted octanol–water partition coefficient (Wildman–Crippen LogP) is 2.27. The number of piperazine rings is 1. The summed E-state index contributed by atoms with van der Waals surface area (Å²) < 4.78 is 0. The van der Waals surface area contributed by atoms with Crippen molar-refractivity contribution in [3.63, 3.8) is 0 Å². The molecule has 1 aromatic heterocycles. The van der Waals surface area contributed by atoms with Gasteiger partial charge in [-0.1, -0.05) is 26.8 Å². The van der Waals surface area contributed by atoms with E-state index in [1.54, 1.807) is 6.20 Å². The molecule has 2 unspecified atom stereocenters. The molecular weight excluding hydrogens is 274 g/mol. The number of nitrogens with zero attached hydrogens (tertiary/aromatic N) is 2. The molecule has 0 radical (unpaired) electrons. The molecule has 2 atom stereocenters. The number of amides is 1. The molecular formula is C15H24ClN3O. The zero-order valence-electron chi connectivity index (χ0n) is 12.4. The minimum atomic E-state index is 0. The Morgan fingerprint density at radius 3 is 2.80 bits per heavy atom. The monoisotopic (exact) mass is 297 g/mol. The van der Waals surface area contributed by atoms with Crippen LogP contribution in [0, 0.1) is 11.8 Å². The van der Waals surface area contributed by atoms with E-state index < -0.39 is 0 Å². The van der Waals surface area contributed by atoms with Crippen LogP contribution in [-0.2, 0) is 4.79 Å². The quantitative estimate of drug-likeness (QED) is 0.931. The molecule has 1 saturated heterocycles. The van der Waals surface area contributed by atoms with Crippen LogP contribution in [-0.4, -0.2) is 35.4 Å². The second kappa shape index (κ2) is 7.60. The van der Waals surface area contributed by atoms with E-state index in [-0.39, 0.29) is 30.3 Å². The molecule has 1 fully saturated rings. The first kappa shape index (κ1) is 16.9. The zero-order valence-corrected chi connectivity index (χ0v) is 13.2. The SMILES string of the molecule is CC(C)C(C)C(=O)N1CCNCC1c1cccnc1.Cl. The summed E-state index contributed by atoms with van der Waals surface area (Å²) in [6, 6.07) is 4.08. The summed E-state index contributed by atoms with van der Waals surface area (Å²) in [5, 5.41) is 3.36. The van der Waals surface area contributed by atoms with Crippen molar-refractivity contribution < 1.29 is 4.79 Å². The van der Waals surface area contributed by atoms with Crippen LogP contribution in [0.15, 0.2) is 24.5 Å². The zero-order chi connectivity index (χ0) is 13.8. The fourth-order valence-electron chi connectivity index (χ4n) is 2.39. The maximum absolute atomic E-state index is 12.6. The Morgan fingerprint density at radius 1 is 1.45 bits per heavy atom. The fourth-order valence-corrected chi connectivity index (χ4v) is 2.39. The molecule has 0 bridgehead atoms. The molecule has 2 rings (SSSR count). The van der Waals surface area contributed by atoms with Gasteiger partial charge in [-0.05, 0) is 17.5 Å². The first-order chi connectivity index (χ1) is 9.11. The minimum absolute atomic E-state index is 0. The molecule has 0 aromatic carbocycles. The average molecular weight is 298 g/mol. The molecule has 2 heterocycles. The van der Waals surface area contributed by atoms with Crippen molar-refractivity contribution in [2.45, 2.75) is 26.8 Å². The van der Waals surface area contributed by atoms with Crippen molar-refractivity contribution in [1.82, 2.24) is 15.2 Å². The third-order valence-corrected chi connectivity index (χ3v) is 3.99. The lowest BCUT2D eigenvalue weighted by molar-refractivity contribution is -0.139. The molecule has 0 saturated carbocycles. The number of aromatic nitrogens is 1. The third kappa shape index (κ3) is 3.70. The molecule has 0 spiro atoms. The van der Waals surface area contributed by atoms with Gasteiger partial charge in [-0.25, -0.2) is 0 Å². The first-order valence-corrected chi connectivity index (χ1v) is 7.02. The van der Waals surface area contributed by atoms with Crippen molar-refractivity contribution >= 4 is 18.3 Å². The lowest BCUT2D eigenvalue weighted by Crippen LogP contribution is -2.50. The highest BCUT2D eigenvalue weighted by Gasteiger charge is 2.31. The van der Waals surface area contributed by atoms with Crippen LogP contribution in [0.25, 0.3) is 0 Å². The van der Waals surface area contributed by atoms with Crippen molar-refractivity contribution in [3.05, 3.63) is 30.1 Å². The predicted molar refractivity (Wildman–Crippen MR) is 82.8 cm³/mol. The molecule has 0 aliphatic carbocycles. The Labute approximate surface area is 127 Å². The van der Waals surface area contributed by atoms with Gasteiger partial charge in [-0.3, -0.25) is 9.78 Å². The van der Waals surface area contributed by atoms with E-state index in [0.717, 1.165) is 25.2 Å². The summed E-state index contributed by atoms with van der Waals surface area (Å²) in [5.41, 5.74) is 1.11. The van der Waals surface area contributed by atoms with Gasteiger partial charge in [0, 0.05) is 37.9 Å². The van der Waals surface area contributed by atoms with Gasteiger partial charge < -0.3 is 10.2 Å². The summed E-state index contributed by atoms with van der Waals surface area (Å²) in [5.74, 6) is 0.694. The normalized spacial score (nSPS) is 20.4. The summed E-state index contributed by atoms with van der Waals surface area (Å²) in [4.78, 5) is 18.8. The van der Waals surface area contributed by atoms with E-state index in [1.165, 1.54) is 0 Å². The van der Waals surface area contributed by atoms with E-state index in [1.807, 2.05) is 30.2 Å². The van der Waals surface area contributed by atoms with Crippen molar-refractivity contribution in [3.8, 4) is 0 Å². The summed E-state index contributed by atoms with van der Waals surface area (Å²) in [7, 11) is 0. The Balaban J connectivity index is 0.00000200. The van der Waals surface area contributed by atoms with Crippen molar-refractivity contribution in [2.75, 3.05) is 19.6 Å². The highest BCUT2D eigenvalue weighted by molar-refractivity contribution is 5.85. The molecule has 1 amide bonds. The van der Waals surface area contributed by atoms with Crippen LogP contribution < -0.4 is 5.32 Å². The molecule has 1 aliphatic rings. The fraction of sp³-hybridized carbons (Fsp3) is 0.600. The standard InChI is InChI=1S/C15H23N3O.ClH/c1-11(2)12(3)15(19)18-8-7-17-10-14(18)13-5-4-6-16-9-13;/h4-6,9,11-12,14,17H,7-8,10H2,1-3H3;1H. The molecule has 1 N–H and O–H groups in total. The Kier molecular flexibility index (Phi) is 6.43. The average Bonchev–Trinajstić information content (AvgIpc) is 2.46. The van der Waals surface area contributed by atoms with Crippen LogP contribution in [0.5, 0.6) is 0 Å². The highest BCUT2D eigenvalue weighted by Crippen LogP contribution is 2.25. The number of pyridine rings is 1. The number of rotatable bonds is 3.